The van der Waals surface area contributed by atoms with Gasteiger partial charge in [0.05, 0.1) is 34.6 Å². The van der Waals surface area contributed by atoms with Crippen molar-refractivity contribution in [2.75, 3.05) is 0 Å². The lowest BCUT2D eigenvalue weighted by atomic mass is 10.1. The highest BCUT2D eigenvalue weighted by molar-refractivity contribution is 5.97. The predicted molar refractivity (Wildman–Crippen MR) is 121 cm³/mol. The van der Waals surface area contributed by atoms with Gasteiger partial charge in [-0.1, -0.05) is 6.07 Å². The van der Waals surface area contributed by atoms with Crippen molar-refractivity contribution >= 4 is 21.9 Å². The van der Waals surface area contributed by atoms with Gasteiger partial charge >= 0.3 is 0 Å². The van der Waals surface area contributed by atoms with E-state index >= 15 is 0 Å². The molecule has 7 nitrogen and oxygen atoms in total. The van der Waals surface area contributed by atoms with Crippen molar-refractivity contribution in [3.05, 3.63) is 78.6 Å². The summed E-state index contributed by atoms with van der Waals surface area (Å²) < 4.78 is 2.04. The predicted octanol–water partition coefficient (Wildman–Crippen LogP) is 4.97. The molecule has 1 aromatic carbocycles. The molecule has 6 aromatic rings. The number of benzene rings is 1. The van der Waals surface area contributed by atoms with Crippen LogP contribution in [0.4, 0.5) is 0 Å². The molecule has 5 heterocycles. The Morgan fingerprint density at radius 3 is 2.77 bits per heavy atom. The molecule has 0 spiro atoms. The lowest BCUT2D eigenvalue weighted by molar-refractivity contribution is 1.07. The van der Waals surface area contributed by atoms with E-state index in [1.165, 1.54) is 0 Å². The molecule has 0 bridgehead atoms. The lowest BCUT2D eigenvalue weighted by Gasteiger charge is -2.04. The van der Waals surface area contributed by atoms with Crippen LogP contribution in [-0.2, 0) is 0 Å². The number of aryl methyl sites for hydroxylation is 2. The Balaban J connectivity index is 1.52. The molecule has 0 aliphatic carbocycles. The summed E-state index contributed by atoms with van der Waals surface area (Å²) in [5, 5.41) is 8.78. The highest BCUT2D eigenvalue weighted by Gasteiger charge is 2.16. The first-order valence-electron chi connectivity index (χ1n) is 10.1. The fourth-order valence-corrected chi connectivity index (χ4v) is 4.01. The summed E-state index contributed by atoms with van der Waals surface area (Å²) in [7, 11) is 0. The van der Waals surface area contributed by atoms with E-state index in [1.807, 2.05) is 54.5 Å². The number of aromatic nitrogens is 7. The molecule has 0 aliphatic heterocycles. The monoisotopic (exact) mass is 405 g/mol. The molecule has 5 aromatic heterocycles. The van der Waals surface area contributed by atoms with Gasteiger partial charge in [-0.25, -0.2) is 9.97 Å². The second-order valence-corrected chi connectivity index (χ2v) is 7.70. The van der Waals surface area contributed by atoms with Gasteiger partial charge in [0, 0.05) is 35.1 Å². The first kappa shape index (κ1) is 17.6. The van der Waals surface area contributed by atoms with Crippen LogP contribution in [0.2, 0.25) is 0 Å². The van der Waals surface area contributed by atoms with Gasteiger partial charge in [0.1, 0.15) is 11.2 Å². The van der Waals surface area contributed by atoms with Gasteiger partial charge in [-0.15, -0.1) is 0 Å². The van der Waals surface area contributed by atoms with Gasteiger partial charge in [-0.3, -0.25) is 10.1 Å². The molecule has 0 unspecified atom stereocenters. The summed E-state index contributed by atoms with van der Waals surface area (Å²) in [6.07, 6.45) is 7.51. The van der Waals surface area contributed by atoms with E-state index in [0.29, 0.717) is 0 Å². The van der Waals surface area contributed by atoms with Crippen LogP contribution in [0.1, 0.15) is 11.3 Å². The number of nitrogens with one attached hydrogen (secondary N) is 2. The van der Waals surface area contributed by atoms with E-state index in [2.05, 4.69) is 50.3 Å². The summed E-state index contributed by atoms with van der Waals surface area (Å²) in [4.78, 5) is 17.1. The fraction of sp³-hybridized carbons (Fsp3) is 0.0833. The van der Waals surface area contributed by atoms with Crippen LogP contribution in [0.25, 0.3) is 50.3 Å². The molecule has 0 amide bonds. The zero-order valence-electron chi connectivity index (χ0n) is 17.1. The second kappa shape index (κ2) is 6.63. The number of imidazole rings is 1. The number of pyridine rings is 2. The maximum absolute atomic E-state index is 4.93. The van der Waals surface area contributed by atoms with Crippen molar-refractivity contribution < 1.29 is 0 Å². The molecule has 7 heteroatoms. The average Bonchev–Trinajstić information content (AvgIpc) is 3.50. The molecule has 0 atom stereocenters. The third-order valence-corrected chi connectivity index (χ3v) is 5.61. The fourth-order valence-electron chi connectivity index (χ4n) is 4.01. The standard InChI is InChI=1S/C24H19N7/c1-14-8-9-25-11-17(14)19-6-7-20-23(28-19)24(30-29-20)21-10-16-18(27-21)4-3-5-22(16)31-12-15(2)26-13-31/h3-13,27H,1-2H3,(H,29,30). The van der Waals surface area contributed by atoms with Crippen LogP contribution in [0, 0.1) is 13.8 Å². The largest absolute Gasteiger partial charge is 0.353 e. The normalized spacial score (nSPS) is 11.5. The summed E-state index contributed by atoms with van der Waals surface area (Å²) in [5.74, 6) is 0. The quantitative estimate of drug-likeness (QED) is 0.435. The SMILES string of the molecule is Cc1cn(-c2cccc3[nH]c(-c4n[nH]c5ccc(-c6cnccc6C)nc45)cc23)cn1. The molecule has 6 rings (SSSR count). The van der Waals surface area contributed by atoms with Crippen LogP contribution in [-0.4, -0.2) is 34.7 Å². The number of hydrogen-bond acceptors (Lipinski definition) is 4. The third kappa shape index (κ3) is 2.82. The van der Waals surface area contributed by atoms with E-state index in [1.54, 1.807) is 6.20 Å². The highest BCUT2D eigenvalue weighted by Crippen LogP contribution is 2.32. The lowest BCUT2D eigenvalue weighted by Crippen LogP contribution is -1.89. The molecule has 0 aliphatic rings. The third-order valence-electron chi connectivity index (χ3n) is 5.61. The minimum atomic E-state index is 0.794. The Labute approximate surface area is 177 Å². The Morgan fingerprint density at radius 2 is 1.94 bits per heavy atom. The van der Waals surface area contributed by atoms with Crippen LogP contribution in [0.15, 0.2) is 67.4 Å². The van der Waals surface area contributed by atoms with Crippen LogP contribution in [0.5, 0.6) is 0 Å². The van der Waals surface area contributed by atoms with Crippen molar-refractivity contribution in [2.45, 2.75) is 13.8 Å². The molecule has 0 saturated carbocycles. The Bertz CT molecular complexity index is 1570. The average molecular weight is 405 g/mol. The van der Waals surface area contributed by atoms with E-state index in [9.17, 15) is 0 Å². The van der Waals surface area contributed by atoms with Gasteiger partial charge in [-0.2, -0.15) is 5.10 Å². The van der Waals surface area contributed by atoms with E-state index in [4.69, 9.17) is 4.98 Å². The smallest absolute Gasteiger partial charge is 0.135 e. The van der Waals surface area contributed by atoms with Gasteiger partial charge in [-0.05, 0) is 55.8 Å². The minimum Gasteiger partial charge on any atom is -0.353 e. The number of rotatable bonds is 3. The summed E-state index contributed by atoms with van der Waals surface area (Å²) in [6, 6.07) is 14.3. The maximum atomic E-state index is 4.93. The number of hydrogen-bond donors (Lipinski definition) is 2. The first-order valence-corrected chi connectivity index (χ1v) is 10.1. The van der Waals surface area contributed by atoms with E-state index in [-0.39, 0.29) is 0 Å². The zero-order valence-corrected chi connectivity index (χ0v) is 17.1. The Morgan fingerprint density at radius 1 is 1.00 bits per heavy atom. The second-order valence-electron chi connectivity index (χ2n) is 7.70. The molecule has 150 valence electrons. The number of aromatic amines is 2. The van der Waals surface area contributed by atoms with Crippen LogP contribution in [0.3, 0.4) is 0 Å². The molecular weight excluding hydrogens is 386 g/mol. The molecule has 31 heavy (non-hydrogen) atoms. The highest BCUT2D eigenvalue weighted by atomic mass is 15.1. The van der Waals surface area contributed by atoms with Crippen LogP contribution >= 0.6 is 0 Å². The summed E-state index contributed by atoms with van der Waals surface area (Å²) >= 11 is 0. The topological polar surface area (TPSA) is 88.1 Å². The Kier molecular flexibility index (Phi) is 3.76. The molecular formula is C24H19N7. The zero-order chi connectivity index (χ0) is 20.9. The maximum Gasteiger partial charge on any atom is 0.135 e. The molecule has 0 saturated heterocycles. The van der Waals surface area contributed by atoms with Crippen molar-refractivity contribution in [1.29, 1.82) is 0 Å². The number of nitrogens with zero attached hydrogens (tertiary/aromatic N) is 5. The van der Waals surface area contributed by atoms with Gasteiger partial charge in [0.2, 0.25) is 0 Å². The molecule has 2 N–H and O–H groups in total. The Hall–Kier alpha value is -4.26. The summed E-state index contributed by atoms with van der Waals surface area (Å²) in [6.45, 7) is 4.05. The minimum absolute atomic E-state index is 0.794. The van der Waals surface area contributed by atoms with Gasteiger partial charge in [0.25, 0.3) is 0 Å². The van der Waals surface area contributed by atoms with Crippen LogP contribution < -0.4 is 0 Å². The first-order chi connectivity index (χ1) is 15.2. The summed E-state index contributed by atoms with van der Waals surface area (Å²) in [5.41, 5.74) is 9.55. The number of fused-ring (bicyclic) bond motifs is 2. The number of H-pyrrole nitrogens is 2. The van der Waals surface area contributed by atoms with Crippen molar-refractivity contribution in [2.24, 2.45) is 0 Å². The molecule has 0 fully saturated rings. The van der Waals surface area contributed by atoms with Crippen molar-refractivity contribution in [1.82, 2.24) is 34.7 Å². The van der Waals surface area contributed by atoms with Crippen molar-refractivity contribution in [3.8, 4) is 28.3 Å². The van der Waals surface area contributed by atoms with Crippen molar-refractivity contribution in [3.63, 3.8) is 0 Å². The molecule has 0 radical (unpaired) electrons. The van der Waals surface area contributed by atoms with Gasteiger partial charge < -0.3 is 9.55 Å². The van der Waals surface area contributed by atoms with Gasteiger partial charge in [0.15, 0.2) is 0 Å². The van der Waals surface area contributed by atoms with E-state index < -0.39 is 0 Å². The van der Waals surface area contributed by atoms with E-state index in [0.717, 1.165) is 61.5 Å².